The van der Waals surface area contributed by atoms with Crippen molar-refractivity contribution in [1.29, 1.82) is 0 Å². The molecule has 118 valence electrons. The smallest absolute Gasteiger partial charge is 0.243 e. The Hall–Kier alpha value is -3.08. The van der Waals surface area contributed by atoms with Crippen LogP contribution >= 0.6 is 0 Å². The lowest BCUT2D eigenvalue weighted by Crippen LogP contribution is -2.20. The standard InChI is InChI=1S/C19H16N4O/c24-19(16-10-15(16)13-6-2-1-3-7-13)23-21-12-14-11-20-17-8-4-5-9-18(17)22-14/h1-9,11-12,15-16H,10H2,(H,23,24)/t15-,16+/m1/s1. The van der Waals surface area contributed by atoms with Crippen LogP contribution < -0.4 is 5.43 Å². The summed E-state index contributed by atoms with van der Waals surface area (Å²) < 4.78 is 0. The molecule has 3 aromatic rings. The lowest BCUT2D eigenvalue weighted by Gasteiger charge is -2.00. The monoisotopic (exact) mass is 316 g/mol. The first-order chi connectivity index (χ1) is 11.8. The van der Waals surface area contributed by atoms with Crippen LogP contribution in [-0.4, -0.2) is 22.1 Å². The minimum absolute atomic E-state index is 0.00670. The van der Waals surface area contributed by atoms with Gasteiger partial charge in [-0.2, -0.15) is 5.10 Å². The van der Waals surface area contributed by atoms with E-state index < -0.39 is 0 Å². The Labute approximate surface area is 139 Å². The number of hydrazone groups is 1. The Morgan fingerprint density at radius 1 is 1.08 bits per heavy atom. The SMILES string of the molecule is O=C(NN=Cc1cnc2ccccc2n1)[C@H]1C[C@@H]1c1ccccc1. The molecule has 1 aliphatic rings. The number of carbonyl (C=O) groups excluding carboxylic acids is 1. The fourth-order valence-corrected chi connectivity index (χ4v) is 2.83. The maximum atomic E-state index is 12.1. The third-order valence-corrected chi connectivity index (χ3v) is 4.19. The molecule has 0 aliphatic heterocycles. The third kappa shape index (κ3) is 3.01. The minimum atomic E-state index is -0.0474. The van der Waals surface area contributed by atoms with Gasteiger partial charge in [-0.3, -0.25) is 9.78 Å². The average molecular weight is 316 g/mol. The first-order valence-corrected chi connectivity index (χ1v) is 7.91. The average Bonchev–Trinajstić information content (AvgIpc) is 3.43. The van der Waals surface area contributed by atoms with E-state index in [1.807, 2.05) is 42.5 Å². The van der Waals surface area contributed by atoms with Gasteiger partial charge in [-0.25, -0.2) is 10.4 Å². The van der Waals surface area contributed by atoms with E-state index in [4.69, 9.17) is 0 Å². The largest absolute Gasteiger partial charge is 0.273 e. The molecule has 0 saturated heterocycles. The van der Waals surface area contributed by atoms with Crippen LogP contribution in [0.25, 0.3) is 11.0 Å². The van der Waals surface area contributed by atoms with E-state index in [0.29, 0.717) is 11.6 Å². The number of benzene rings is 2. The summed E-state index contributed by atoms with van der Waals surface area (Å²) in [6.07, 6.45) is 4.04. The molecule has 0 unspecified atom stereocenters. The van der Waals surface area contributed by atoms with E-state index in [0.717, 1.165) is 17.5 Å². The molecule has 2 aromatic carbocycles. The van der Waals surface area contributed by atoms with Crippen molar-refractivity contribution < 1.29 is 4.79 Å². The molecule has 1 aromatic heterocycles. The summed E-state index contributed by atoms with van der Waals surface area (Å²) in [6, 6.07) is 17.7. The number of nitrogens with one attached hydrogen (secondary N) is 1. The van der Waals surface area contributed by atoms with Crippen molar-refractivity contribution in [2.45, 2.75) is 12.3 Å². The second-order valence-electron chi connectivity index (χ2n) is 5.88. The van der Waals surface area contributed by atoms with Gasteiger partial charge in [0.2, 0.25) is 5.91 Å². The topological polar surface area (TPSA) is 67.2 Å². The molecule has 5 nitrogen and oxygen atoms in total. The lowest BCUT2D eigenvalue weighted by molar-refractivity contribution is -0.122. The third-order valence-electron chi connectivity index (χ3n) is 4.19. The Bertz CT molecular complexity index is 907. The maximum absolute atomic E-state index is 12.1. The van der Waals surface area contributed by atoms with E-state index in [9.17, 15) is 4.79 Å². The van der Waals surface area contributed by atoms with Crippen LogP contribution in [0, 0.1) is 5.92 Å². The van der Waals surface area contributed by atoms with Gasteiger partial charge in [-0.1, -0.05) is 42.5 Å². The van der Waals surface area contributed by atoms with Gasteiger partial charge in [0.15, 0.2) is 0 Å². The number of carbonyl (C=O) groups is 1. The lowest BCUT2D eigenvalue weighted by atomic mass is 10.1. The van der Waals surface area contributed by atoms with Crippen molar-refractivity contribution in [3.63, 3.8) is 0 Å². The molecule has 24 heavy (non-hydrogen) atoms. The molecule has 2 atom stereocenters. The molecule has 1 amide bonds. The molecular weight excluding hydrogens is 300 g/mol. The van der Waals surface area contributed by atoms with E-state index in [-0.39, 0.29) is 11.8 Å². The Morgan fingerprint density at radius 2 is 1.83 bits per heavy atom. The van der Waals surface area contributed by atoms with Crippen molar-refractivity contribution in [3.8, 4) is 0 Å². The summed E-state index contributed by atoms with van der Waals surface area (Å²) in [7, 11) is 0. The zero-order valence-electron chi connectivity index (χ0n) is 13.0. The number of amides is 1. The number of nitrogens with zero attached hydrogens (tertiary/aromatic N) is 3. The van der Waals surface area contributed by atoms with Crippen LogP contribution in [-0.2, 0) is 4.79 Å². The predicted octanol–water partition coefficient (Wildman–Crippen LogP) is 2.88. The summed E-state index contributed by atoms with van der Waals surface area (Å²) in [5, 5.41) is 4.01. The fourth-order valence-electron chi connectivity index (χ4n) is 2.83. The molecule has 0 radical (unpaired) electrons. The van der Waals surface area contributed by atoms with Crippen molar-refractivity contribution >= 4 is 23.2 Å². The number of fused-ring (bicyclic) bond motifs is 1. The van der Waals surface area contributed by atoms with Crippen molar-refractivity contribution in [2.24, 2.45) is 11.0 Å². The van der Waals surface area contributed by atoms with Crippen molar-refractivity contribution in [2.75, 3.05) is 0 Å². The van der Waals surface area contributed by atoms with Crippen molar-refractivity contribution in [1.82, 2.24) is 15.4 Å². The summed E-state index contributed by atoms with van der Waals surface area (Å²) >= 11 is 0. The minimum Gasteiger partial charge on any atom is -0.273 e. The fraction of sp³-hybridized carbons (Fsp3) is 0.158. The molecule has 1 saturated carbocycles. The second kappa shape index (κ2) is 6.20. The molecule has 1 fully saturated rings. The molecule has 0 spiro atoms. The maximum Gasteiger partial charge on any atom is 0.243 e. The van der Waals surface area contributed by atoms with Gasteiger partial charge in [-0.15, -0.1) is 0 Å². The molecule has 1 N–H and O–H groups in total. The van der Waals surface area contributed by atoms with Crippen LogP contribution in [0.15, 0.2) is 65.9 Å². The van der Waals surface area contributed by atoms with Crippen LogP contribution in [0.2, 0.25) is 0 Å². The van der Waals surface area contributed by atoms with Crippen LogP contribution in [0.4, 0.5) is 0 Å². The number of hydrogen-bond donors (Lipinski definition) is 1. The number of para-hydroxylation sites is 2. The van der Waals surface area contributed by atoms with Gasteiger partial charge in [0.05, 0.1) is 23.4 Å². The molecule has 5 heteroatoms. The Balaban J connectivity index is 1.37. The zero-order chi connectivity index (χ0) is 16.4. The predicted molar refractivity (Wildman–Crippen MR) is 92.6 cm³/mol. The van der Waals surface area contributed by atoms with Crippen LogP contribution in [0.3, 0.4) is 0 Å². The van der Waals surface area contributed by atoms with Gasteiger partial charge >= 0.3 is 0 Å². The van der Waals surface area contributed by atoms with Crippen LogP contribution in [0.1, 0.15) is 23.6 Å². The van der Waals surface area contributed by atoms with Gasteiger partial charge in [0.1, 0.15) is 5.69 Å². The highest BCUT2D eigenvalue weighted by molar-refractivity contribution is 5.86. The summed E-state index contributed by atoms with van der Waals surface area (Å²) in [5.74, 6) is 0.267. The molecule has 1 heterocycles. The Kier molecular flexibility index (Phi) is 3.75. The highest BCUT2D eigenvalue weighted by Crippen LogP contribution is 2.47. The van der Waals surface area contributed by atoms with E-state index in [1.54, 1.807) is 6.20 Å². The van der Waals surface area contributed by atoms with Gasteiger partial charge in [0.25, 0.3) is 0 Å². The summed E-state index contributed by atoms with van der Waals surface area (Å²) in [6.45, 7) is 0. The Morgan fingerprint density at radius 3 is 2.67 bits per heavy atom. The highest BCUT2D eigenvalue weighted by Gasteiger charge is 2.43. The first kappa shape index (κ1) is 14.5. The first-order valence-electron chi connectivity index (χ1n) is 7.91. The molecule has 1 aliphatic carbocycles. The highest BCUT2D eigenvalue weighted by atomic mass is 16.2. The molecule has 0 bridgehead atoms. The van der Waals surface area contributed by atoms with Crippen LogP contribution in [0.5, 0.6) is 0 Å². The van der Waals surface area contributed by atoms with Crippen molar-refractivity contribution in [3.05, 3.63) is 72.1 Å². The molecule has 4 rings (SSSR count). The summed E-state index contributed by atoms with van der Waals surface area (Å²) in [4.78, 5) is 20.9. The van der Waals surface area contributed by atoms with Gasteiger partial charge in [-0.05, 0) is 30.0 Å². The second-order valence-corrected chi connectivity index (χ2v) is 5.88. The molecular formula is C19H16N4O. The summed E-state index contributed by atoms with van der Waals surface area (Å²) in [5.41, 5.74) is 6.07. The zero-order valence-corrected chi connectivity index (χ0v) is 13.0. The number of hydrogen-bond acceptors (Lipinski definition) is 4. The van der Waals surface area contributed by atoms with E-state index >= 15 is 0 Å². The quantitative estimate of drug-likeness (QED) is 0.594. The van der Waals surface area contributed by atoms with E-state index in [2.05, 4.69) is 32.6 Å². The van der Waals surface area contributed by atoms with Gasteiger partial charge < -0.3 is 0 Å². The number of rotatable bonds is 4. The normalized spacial score (nSPS) is 19.5. The van der Waals surface area contributed by atoms with E-state index in [1.165, 1.54) is 11.8 Å². The van der Waals surface area contributed by atoms with Gasteiger partial charge in [0, 0.05) is 5.92 Å². The number of aromatic nitrogens is 2.